The second kappa shape index (κ2) is 7.14. The molecule has 1 aliphatic carbocycles. The van der Waals surface area contributed by atoms with Gasteiger partial charge in [-0.2, -0.15) is 0 Å². The van der Waals surface area contributed by atoms with Crippen LogP contribution in [0.25, 0.3) is 0 Å². The average molecular weight is 307 g/mol. The van der Waals surface area contributed by atoms with Crippen molar-refractivity contribution >= 4 is 5.91 Å². The lowest BCUT2D eigenvalue weighted by Gasteiger charge is -2.36. The Kier molecular flexibility index (Phi) is 5.19. The molecule has 124 valence electrons. The zero-order valence-corrected chi connectivity index (χ0v) is 13.7. The summed E-state index contributed by atoms with van der Waals surface area (Å²) in [7, 11) is 0. The highest BCUT2D eigenvalue weighted by molar-refractivity contribution is 5.88. The van der Waals surface area contributed by atoms with E-state index in [2.05, 4.69) is 6.92 Å². The number of ether oxygens (including phenoxy) is 1. The third-order valence-corrected chi connectivity index (χ3v) is 5.68. The third-order valence-electron chi connectivity index (χ3n) is 5.68. The van der Waals surface area contributed by atoms with Crippen molar-refractivity contribution in [2.75, 3.05) is 19.8 Å². The number of hydrogen-bond donors (Lipinski definition) is 1. The fraction of sp³-hybridized carbons (Fsp3) is 0.833. The van der Waals surface area contributed by atoms with E-state index in [1.807, 2.05) is 11.0 Å². The molecule has 3 rings (SSSR count). The van der Waals surface area contributed by atoms with Crippen LogP contribution in [0.2, 0.25) is 0 Å². The van der Waals surface area contributed by atoms with Crippen LogP contribution in [0.3, 0.4) is 0 Å². The van der Waals surface area contributed by atoms with Crippen molar-refractivity contribution in [1.82, 2.24) is 4.90 Å². The summed E-state index contributed by atoms with van der Waals surface area (Å²) in [4.78, 5) is 14.7. The van der Waals surface area contributed by atoms with Crippen LogP contribution in [0.1, 0.15) is 51.9 Å². The Balaban J connectivity index is 1.64. The molecule has 0 spiro atoms. The van der Waals surface area contributed by atoms with Gasteiger partial charge in [0.1, 0.15) is 0 Å². The lowest BCUT2D eigenvalue weighted by molar-refractivity contribution is -0.131. The van der Waals surface area contributed by atoms with Crippen molar-refractivity contribution in [3.05, 3.63) is 11.6 Å². The molecule has 1 N–H and O–H groups in total. The molecule has 2 saturated heterocycles. The van der Waals surface area contributed by atoms with Crippen LogP contribution in [0.15, 0.2) is 11.6 Å². The van der Waals surface area contributed by atoms with Crippen molar-refractivity contribution < 1.29 is 14.6 Å². The van der Waals surface area contributed by atoms with E-state index in [0.29, 0.717) is 19.6 Å². The summed E-state index contributed by atoms with van der Waals surface area (Å²) in [6, 6.07) is 0.155. The molecule has 3 atom stereocenters. The summed E-state index contributed by atoms with van der Waals surface area (Å²) >= 11 is 0. The first-order valence-corrected chi connectivity index (χ1v) is 8.91. The number of aliphatic hydroxyl groups is 1. The van der Waals surface area contributed by atoms with Crippen molar-refractivity contribution in [2.24, 2.45) is 11.8 Å². The first-order chi connectivity index (χ1) is 10.6. The van der Waals surface area contributed by atoms with Gasteiger partial charge < -0.3 is 14.7 Å². The Bertz CT molecular complexity index is 424. The van der Waals surface area contributed by atoms with Crippen molar-refractivity contribution in [3.63, 3.8) is 0 Å². The fourth-order valence-corrected chi connectivity index (χ4v) is 4.16. The summed E-state index contributed by atoms with van der Waals surface area (Å²) in [5.41, 5.74) is 1.31. The first kappa shape index (κ1) is 16.0. The molecule has 0 bridgehead atoms. The highest BCUT2D eigenvalue weighted by atomic mass is 16.5. The number of rotatable bonds is 2. The Hall–Kier alpha value is -0.870. The predicted octanol–water partition coefficient (Wildman–Crippen LogP) is 2.51. The number of carbonyl (C=O) groups is 1. The van der Waals surface area contributed by atoms with Gasteiger partial charge in [-0.25, -0.2) is 0 Å². The molecule has 0 aromatic heterocycles. The van der Waals surface area contributed by atoms with E-state index in [-0.39, 0.29) is 24.0 Å². The molecular formula is C18H29NO3. The van der Waals surface area contributed by atoms with Gasteiger partial charge in [0, 0.05) is 31.2 Å². The van der Waals surface area contributed by atoms with Gasteiger partial charge >= 0.3 is 0 Å². The van der Waals surface area contributed by atoms with Gasteiger partial charge in [0.15, 0.2) is 0 Å². The molecule has 22 heavy (non-hydrogen) atoms. The van der Waals surface area contributed by atoms with Crippen LogP contribution < -0.4 is 0 Å². The van der Waals surface area contributed by atoms with Crippen LogP contribution in [0.5, 0.6) is 0 Å². The Morgan fingerprint density at radius 3 is 2.77 bits per heavy atom. The predicted molar refractivity (Wildman–Crippen MR) is 85.4 cm³/mol. The van der Waals surface area contributed by atoms with Gasteiger partial charge in [0.25, 0.3) is 0 Å². The highest BCUT2D eigenvalue weighted by Crippen LogP contribution is 2.31. The fourth-order valence-electron chi connectivity index (χ4n) is 4.16. The maximum atomic E-state index is 12.7. The summed E-state index contributed by atoms with van der Waals surface area (Å²) in [6.07, 6.45) is 8.85. The van der Waals surface area contributed by atoms with Crippen LogP contribution in [-0.2, 0) is 9.53 Å². The minimum absolute atomic E-state index is 0.0879. The van der Waals surface area contributed by atoms with Gasteiger partial charge in [-0.05, 0) is 50.9 Å². The summed E-state index contributed by atoms with van der Waals surface area (Å²) < 4.78 is 5.54. The molecule has 3 fully saturated rings. The number of hydrogen-bond acceptors (Lipinski definition) is 3. The summed E-state index contributed by atoms with van der Waals surface area (Å²) in [5.74, 6) is 1.04. The van der Waals surface area contributed by atoms with E-state index in [0.717, 1.165) is 38.1 Å². The second-order valence-corrected chi connectivity index (χ2v) is 7.32. The van der Waals surface area contributed by atoms with Crippen LogP contribution in [0, 0.1) is 11.8 Å². The lowest BCUT2D eigenvalue weighted by Crippen LogP contribution is -2.47. The molecule has 0 aromatic rings. The molecule has 1 amide bonds. The smallest absolute Gasteiger partial charge is 0.246 e. The van der Waals surface area contributed by atoms with Gasteiger partial charge in [0.2, 0.25) is 5.91 Å². The Morgan fingerprint density at radius 2 is 2.05 bits per heavy atom. The largest absolute Gasteiger partial charge is 0.393 e. The maximum Gasteiger partial charge on any atom is 0.246 e. The van der Waals surface area contributed by atoms with Crippen LogP contribution >= 0.6 is 0 Å². The van der Waals surface area contributed by atoms with Crippen LogP contribution in [0.4, 0.5) is 0 Å². The molecule has 4 heteroatoms. The van der Waals surface area contributed by atoms with Gasteiger partial charge in [-0.15, -0.1) is 0 Å². The molecular weight excluding hydrogens is 278 g/mol. The highest BCUT2D eigenvalue weighted by Gasteiger charge is 2.39. The van der Waals surface area contributed by atoms with E-state index in [1.165, 1.54) is 18.4 Å². The normalized spacial score (nSPS) is 36.5. The zero-order valence-electron chi connectivity index (χ0n) is 13.7. The van der Waals surface area contributed by atoms with Gasteiger partial charge in [-0.3, -0.25) is 4.79 Å². The number of carbonyl (C=O) groups excluding carboxylic acids is 1. The standard InChI is InChI=1S/C18H29NO3/c1-13-4-6-14(7-5-13)11-18(21)19-9-2-3-16(19)15-12-22-10-8-17(15)20/h11,13,15-17,20H,2-10,12H2,1H3/t13?,15-,16+,17+/m0/s1. The van der Waals surface area contributed by atoms with E-state index in [9.17, 15) is 9.90 Å². The summed E-state index contributed by atoms with van der Waals surface area (Å²) in [5, 5.41) is 10.2. The number of allylic oxidation sites excluding steroid dienone is 1. The summed E-state index contributed by atoms with van der Waals surface area (Å²) in [6.45, 7) is 4.34. The number of aliphatic hydroxyl groups excluding tert-OH is 1. The molecule has 1 saturated carbocycles. The van der Waals surface area contributed by atoms with E-state index >= 15 is 0 Å². The molecule has 2 aliphatic heterocycles. The third kappa shape index (κ3) is 3.54. The topological polar surface area (TPSA) is 49.8 Å². The second-order valence-electron chi connectivity index (χ2n) is 7.32. The lowest BCUT2D eigenvalue weighted by atomic mass is 9.86. The molecule has 2 heterocycles. The zero-order chi connectivity index (χ0) is 15.5. The first-order valence-electron chi connectivity index (χ1n) is 8.91. The van der Waals surface area contributed by atoms with Gasteiger partial charge in [-0.1, -0.05) is 12.5 Å². The van der Waals surface area contributed by atoms with Crippen molar-refractivity contribution in [2.45, 2.75) is 64.0 Å². The van der Waals surface area contributed by atoms with E-state index < -0.39 is 0 Å². The molecule has 0 aromatic carbocycles. The van der Waals surface area contributed by atoms with Gasteiger partial charge in [0.05, 0.1) is 12.7 Å². The number of likely N-dealkylation sites (tertiary alicyclic amines) is 1. The van der Waals surface area contributed by atoms with Crippen molar-refractivity contribution in [1.29, 1.82) is 0 Å². The quantitative estimate of drug-likeness (QED) is 0.798. The SMILES string of the molecule is CC1CCC(=CC(=O)N2CCC[C@@H]2[C@@H]2COCC[C@H]2O)CC1. The number of amides is 1. The van der Waals surface area contributed by atoms with Crippen LogP contribution in [-0.4, -0.2) is 47.8 Å². The minimum Gasteiger partial charge on any atom is -0.393 e. The molecule has 3 aliphatic rings. The Morgan fingerprint density at radius 1 is 1.27 bits per heavy atom. The molecule has 4 nitrogen and oxygen atoms in total. The van der Waals surface area contributed by atoms with E-state index in [1.54, 1.807) is 0 Å². The molecule has 0 unspecified atom stereocenters. The Labute approximate surface area is 133 Å². The average Bonchev–Trinajstić information content (AvgIpc) is 2.99. The molecule has 0 radical (unpaired) electrons. The monoisotopic (exact) mass is 307 g/mol. The number of nitrogens with zero attached hydrogens (tertiary/aromatic N) is 1. The minimum atomic E-state index is -0.324. The maximum absolute atomic E-state index is 12.7. The van der Waals surface area contributed by atoms with Crippen molar-refractivity contribution in [3.8, 4) is 0 Å². The van der Waals surface area contributed by atoms with E-state index in [4.69, 9.17) is 4.74 Å².